The topological polar surface area (TPSA) is 87.4 Å². The Bertz CT molecular complexity index is 920. The predicted octanol–water partition coefficient (Wildman–Crippen LogP) is 1.68. The average Bonchev–Trinajstić information content (AvgIpc) is 3.30. The molecule has 1 unspecified atom stereocenters. The summed E-state index contributed by atoms with van der Waals surface area (Å²) in [5.41, 5.74) is 7.03. The number of aromatic nitrogens is 2. The van der Waals surface area contributed by atoms with E-state index in [9.17, 15) is 4.79 Å². The molecule has 3 N–H and O–H groups in total. The van der Waals surface area contributed by atoms with Gasteiger partial charge in [-0.05, 0) is 56.7 Å². The fourth-order valence-electron chi connectivity index (χ4n) is 4.87. The number of piperidine rings is 1. The van der Waals surface area contributed by atoms with Crippen LogP contribution in [0.15, 0.2) is 0 Å². The van der Waals surface area contributed by atoms with Crippen LogP contribution in [0.5, 0.6) is 0 Å². The van der Waals surface area contributed by atoms with Gasteiger partial charge in [0.1, 0.15) is 22.5 Å². The molecule has 1 aliphatic carbocycles. The number of nitrogens with zero attached hydrogens (tertiary/aromatic N) is 4. The van der Waals surface area contributed by atoms with Crippen LogP contribution in [-0.2, 0) is 24.2 Å². The number of nitrogens with two attached hydrogens (primary N) is 1. The minimum absolute atomic E-state index is 0.293. The van der Waals surface area contributed by atoms with Gasteiger partial charge in [0.2, 0.25) is 5.91 Å². The van der Waals surface area contributed by atoms with E-state index in [0.717, 1.165) is 68.0 Å². The highest BCUT2D eigenvalue weighted by atomic mass is 32.1. The Labute approximate surface area is 175 Å². The maximum absolute atomic E-state index is 11.8. The molecule has 2 aromatic rings. The molecule has 156 valence electrons. The summed E-state index contributed by atoms with van der Waals surface area (Å²) in [6, 6.07) is -0.326. The summed E-state index contributed by atoms with van der Waals surface area (Å²) in [7, 11) is 0. The number of aryl methyl sites for hydroxylation is 2. The van der Waals surface area contributed by atoms with E-state index < -0.39 is 0 Å². The number of carbonyl (C=O) groups excluding carboxylic acids is 1. The third kappa shape index (κ3) is 3.73. The molecule has 4 heterocycles. The molecular weight excluding hydrogens is 384 g/mol. The van der Waals surface area contributed by atoms with E-state index in [-0.39, 0.29) is 11.9 Å². The third-order valence-corrected chi connectivity index (χ3v) is 7.84. The van der Waals surface area contributed by atoms with Crippen molar-refractivity contribution >= 4 is 33.3 Å². The minimum Gasteiger partial charge on any atom is -0.368 e. The monoisotopic (exact) mass is 414 g/mol. The van der Waals surface area contributed by atoms with E-state index in [1.807, 2.05) is 11.3 Å². The number of hydrogen-bond donors (Lipinski definition) is 2. The van der Waals surface area contributed by atoms with Crippen LogP contribution in [0, 0.1) is 5.92 Å². The first kappa shape index (κ1) is 19.2. The molecule has 7 nitrogen and oxygen atoms in total. The second kappa shape index (κ2) is 7.81. The molecule has 8 heteroatoms. The number of hydrogen-bond acceptors (Lipinski definition) is 7. The normalized spacial score (nSPS) is 23.6. The Hall–Kier alpha value is -1.77. The number of rotatable bonds is 4. The Morgan fingerprint density at radius 1 is 1.24 bits per heavy atom. The number of primary amides is 1. The highest BCUT2D eigenvalue weighted by Gasteiger charge is 2.29. The van der Waals surface area contributed by atoms with Crippen molar-refractivity contribution in [3.63, 3.8) is 0 Å². The van der Waals surface area contributed by atoms with Gasteiger partial charge in [0, 0.05) is 24.5 Å². The molecule has 2 aromatic heterocycles. The van der Waals surface area contributed by atoms with Crippen LogP contribution in [-0.4, -0.2) is 59.5 Å². The minimum atomic E-state index is -0.326. The molecule has 0 saturated carbocycles. The molecule has 5 rings (SSSR count). The molecule has 2 aliphatic heterocycles. The van der Waals surface area contributed by atoms with Gasteiger partial charge in [-0.3, -0.25) is 9.69 Å². The lowest BCUT2D eigenvalue weighted by atomic mass is 9.99. The van der Waals surface area contributed by atoms with E-state index in [0.29, 0.717) is 6.54 Å². The fourth-order valence-corrected chi connectivity index (χ4v) is 6.15. The Balaban J connectivity index is 1.50. The van der Waals surface area contributed by atoms with Gasteiger partial charge in [-0.25, -0.2) is 9.97 Å². The summed E-state index contributed by atoms with van der Waals surface area (Å²) in [4.78, 5) is 29.2. The molecule has 29 heavy (non-hydrogen) atoms. The maximum Gasteiger partial charge on any atom is 0.236 e. The number of amides is 1. The molecule has 3 aliphatic rings. The van der Waals surface area contributed by atoms with E-state index in [4.69, 9.17) is 15.7 Å². The first-order chi connectivity index (χ1) is 14.1. The number of piperazine rings is 1. The Morgan fingerprint density at radius 2 is 2.07 bits per heavy atom. The van der Waals surface area contributed by atoms with Crippen LogP contribution < -0.4 is 16.0 Å². The van der Waals surface area contributed by atoms with Gasteiger partial charge in [-0.1, -0.05) is 6.92 Å². The average molecular weight is 415 g/mol. The highest BCUT2D eigenvalue weighted by Crippen LogP contribution is 2.41. The van der Waals surface area contributed by atoms with E-state index in [1.54, 1.807) is 0 Å². The summed E-state index contributed by atoms with van der Waals surface area (Å²) in [6.45, 7) is 7.54. The number of fused-ring (bicyclic) bond motifs is 3. The molecular formula is C21H30N6OS. The largest absolute Gasteiger partial charge is 0.368 e. The van der Waals surface area contributed by atoms with Crippen molar-refractivity contribution < 1.29 is 4.79 Å². The number of thiophene rings is 1. The lowest BCUT2D eigenvalue weighted by Crippen LogP contribution is -2.56. The summed E-state index contributed by atoms with van der Waals surface area (Å²) < 4.78 is 0. The standard InChI is InChI=1S/C21H30N6OS/c1-13-5-8-26(9-6-13)12-17-24-20(27-10-7-23-15(11-27)19(22)28)18-14-3-2-4-16(14)29-21(18)25-17/h13,15,23H,2-12H2,1H3,(H2,22,28). The van der Waals surface area contributed by atoms with Gasteiger partial charge in [0.15, 0.2) is 0 Å². The predicted molar refractivity (Wildman–Crippen MR) is 116 cm³/mol. The van der Waals surface area contributed by atoms with Crippen molar-refractivity contribution in [2.75, 3.05) is 37.6 Å². The Morgan fingerprint density at radius 3 is 2.86 bits per heavy atom. The van der Waals surface area contributed by atoms with Crippen LogP contribution in [0.4, 0.5) is 5.82 Å². The highest BCUT2D eigenvalue weighted by molar-refractivity contribution is 7.19. The Kier molecular flexibility index (Phi) is 5.17. The first-order valence-electron chi connectivity index (χ1n) is 10.9. The molecule has 2 fully saturated rings. The molecule has 0 spiro atoms. The van der Waals surface area contributed by atoms with E-state index in [1.165, 1.54) is 35.1 Å². The van der Waals surface area contributed by atoms with Crippen LogP contribution >= 0.6 is 11.3 Å². The van der Waals surface area contributed by atoms with E-state index >= 15 is 0 Å². The number of likely N-dealkylation sites (tertiary alicyclic amines) is 1. The fraction of sp³-hybridized carbons (Fsp3) is 0.667. The van der Waals surface area contributed by atoms with Crippen LogP contribution in [0.3, 0.4) is 0 Å². The van der Waals surface area contributed by atoms with Crippen molar-refractivity contribution in [2.24, 2.45) is 11.7 Å². The lowest BCUT2D eigenvalue weighted by molar-refractivity contribution is -0.120. The van der Waals surface area contributed by atoms with Gasteiger partial charge < -0.3 is 16.0 Å². The zero-order valence-electron chi connectivity index (χ0n) is 17.1. The summed E-state index contributed by atoms with van der Waals surface area (Å²) in [5.74, 6) is 2.45. The number of anilines is 1. The van der Waals surface area contributed by atoms with Crippen LogP contribution in [0.2, 0.25) is 0 Å². The van der Waals surface area contributed by atoms with E-state index in [2.05, 4.69) is 22.0 Å². The summed E-state index contributed by atoms with van der Waals surface area (Å²) >= 11 is 1.84. The van der Waals surface area contributed by atoms with Crippen LogP contribution in [0.1, 0.15) is 42.5 Å². The van der Waals surface area contributed by atoms with Gasteiger partial charge >= 0.3 is 0 Å². The summed E-state index contributed by atoms with van der Waals surface area (Å²) in [6.07, 6.45) is 5.98. The second-order valence-corrected chi connectivity index (χ2v) is 9.90. The molecule has 0 radical (unpaired) electrons. The van der Waals surface area contributed by atoms with Gasteiger partial charge in [-0.15, -0.1) is 11.3 Å². The number of nitrogens with one attached hydrogen (secondary N) is 1. The van der Waals surface area contributed by atoms with Gasteiger partial charge in [0.05, 0.1) is 11.9 Å². The molecule has 0 aromatic carbocycles. The second-order valence-electron chi connectivity index (χ2n) is 8.81. The van der Waals surface area contributed by atoms with Crippen molar-refractivity contribution in [3.05, 3.63) is 16.3 Å². The zero-order chi connectivity index (χ0) is 20.0. The molecule has 2 saturated heterocycles. The van der Waals surface area contributed by atoms with Crippen molar-refractivity contribution in [3.8, 4) is 0 Å². The quantitative estimate of drug-likeness (QED) is 0.791. The maximum atomic E-state index is 11.8. The van der Waals surface area contributed by atoms with Gasteiger partial charge in [0.25, 0.3) is 0 Å². The van der Waals surface area contributed by atoms with Crippen molar-refractivity contribution in [1.29, 1.82) is 0 Å². The zero-order valence-corrected chi connectivity index (χ0v) is 17.9. The summed E-state index contributed by atoms with van der Waals surface area (Å²) in [5, 5.41) is 4.46. The first-order valence-corrected chi connectivity index (χ1v) is 11.7. The molecule has 1 amide bonds. The molecule has 0 bridgehead atoms. The smallest absolute Gasteiger partial charge is 0.236 e. The van der Waals surface area contributed by atoms with Crippen molar-refractivity contribution in [2.45, 2.75) is 51.6 Å². The van der Waals surface area contributed by atoms with Crippen molar-refractivity contribution in [1.82, 2.24) is 20.2 Å². The molecule has 1 atom stereocenters. The lowest BCUT2D eigenvalue weighted by Gasteiger charge is -2.34. The number of carbonyl (C=O) groups is 1. The third-order valence-electron chi connectivity index (χ3n) is 6.65. The van der Waals surface area contributed by atoms with Gasteiger partial charge in [-0.2, -0.15) is 0 Å². The SMILES string of the molecule is CC1CCN(Cc2nc(N3CCNC(C(N)=O)C3)c3c4c(sc3n2)CCC4)CC1. The van der Waals surface area contributed by atoms with Crippen LogP contribution in [0.25, 0.3) is 10.2 Å².